The summed E-state index contributed by atoms with van der Waals surface area (Å²) in [6, 6.07) is 11.5. The number of aromatic nitrogens is 2. The second kappa shape index (κ2) is 6.83. The Morgan fingerprint density at radius 3 is 2.71 bits per heavy atom. The Morgan fingerprint density at radius 1 is 1.21 bits per heavy atom. The van der Waals surface area contributed by atoms with Crippen molar-refractivity contribution >= 4 is 22.6 Å². The van der Waals surface area contributed by atoms with Gasteiger partial charge in [-0.25, -0.2) is 9.13 Å². The van der Waals surface area contributed by atoms with E-state index in [0.29, 0.717) is 17.3 Å². The van der Waals surface area contributed by atoms with Gasteiger partial charge in [-0.3, -0.25) is 0 Å². The normalized spacial score (nSPS) is 12.5. The number of benzene rings is 2. The fourth-order valence-corrected chi connectivity index (χ4v) is 2.99. The predicted molar refractivity (Wildman–Crippen MR) is 95.5 cm³/mol. The van der Waals surface area contributed by atoms with Crippen molar-refractivity contribution in [3.05, 3.63) is 58.9 Å². The molecule has 0 amide bonds. The van der Waals surface area contributed by atoms with Gasteiger partial charge in [0.05, 0.1) is 7.05 Å². The van der Waals surface area contributed by atoms with Gasteiger partial charge in [-0.2, -0.15) is 0 Å². The van der Waals surface area contributed by atoms with Gasteiger partial charge in [-0.1, -0.05) is 17.7 Å². The standard InChI is InChI=1S/C19H22ClN2O2/c1-13-7-18-19(8-14(13)2)22(12-21(18)3)10-16(23)11-24-17-6-4-5-15(20)9-17/h4-9,12,16,23H,10-11H2,1-3H3/q+1/t16-/m1/s1. The number of aliphatic hydroxyl groups is 1. The molecule has 3 rings (SSSR count). The Bertz CT molecular complexity index is 873. The molecule has 0 saturated heterocycles. The van der Waals surface area contributed by atoms with E-state index in [9.17, 15) is 5.11 Å². The Morgan fingerprint density at radius 2 is 1.96 bits per heavy atom. The van der Waals surface area contributed by atoms with Crippen LogP contribution < -0.4 is 9.30 Å². The van der Waals surface area contributed by atoms with E-state index in [1.165, 1.54) is 11.1 Å². The number of imidazole rings is 1. The van der Waals surface area contributed by atoms with Crippen molar-refractivity contribution in [2.24, 2.45) is 7.05 Å². The maximum atomic E-state index is 10.3. The smallest absolute Gasteiger partial charge is 0.244 e. The molecule has 1 heterocycles. The Hall–Kier alpha value is -2.04. The monoisotopic (exact) mass is 345 g/mol. The largest absolute Gasteiger partial charge is 0.491 e. The first-order valence-electron chi connectivity index (χ1n) is 7.96. The Balaban J connectivity index is 1.73. The number of aliphatic hydroxyl groups excluding tert-OH is 1. The van der Waals surface area contributed by atoms with E-state index >= 15 is 0 Å². The Kier molecular flexibility index (Phi) is 4.78. The molecule has 0 aliphatic rings. The van der Waals surface area contributed by atoms with Gasteiger partial charge in [0.25, 0.3) is 0 Å². The molecule has 0 saturated carbocycles. The van der Waals surface area contributed by atoms with E-state index in [-0.39, 0.29) is 6.61 Å². The first-order chi connectivity index (χ1) is 11.4. The summed E-state index contributed by atoms with van der Waals surface area (Å²) in [5.74, 6) is 0.663. The van der Waals surface area contributed by atoms with Crippen molar-refractivity contribution in [3.8, 4) is 5.75 Å². The first-order valence-corrected chi connectivity index (χ1v) is 8.34. The molecule has 0 unspecified atom stereocenters. The molecule has 0 fully saturated rings. The van der Waals surface area contributed by atoms with Crippen LogP contribution in [0.5, 0.6) is 5.75 Å². The van der Waals surface area contributed by atoms with Crippen LogP contribution in [0.2, 0.25) is 5.02 Å². The molecule has 0 aliphatic heterocycles. The first kappa shape index (κ1) is 16.8. The highest BCUT2D eigenvalue weighted by Gasteiger charge is 2.18. The molecule has 4 nitrogen and oxygen atoms in total. The highest BCUT2D eigenvalue weighted by molar-refractivity contribution is 6.30. The molecule has 0 aliphatic carbocycles. The Labute approximate surface area is 146 Å². The molecule has 0 bridgehead atoms. The van der Waals surface area contributed by atoms with Crippen LogP contribution >= 0.6 is 11.6 Å². The SMILES string of the molecule is Cc1cc2c(cc1C)[n+](C)cn2C[C@@H](O)COc1cccc(Cl)c1. The second-order valence-electron chi connectivity index (χ2n) is 6.23. The van der Waals surface area contributed by atoms with Gasteiger partial charge in [-0.15, -0.1) is 0 Å². The lowest BCUT2D eigenvalue weighted by Crippen LogP contribution is -2.27. The fourth-order valence-electron chi connectivity index (χ4n) is 2.81. The number of halogens is 1. The highest BCUT2D eigenvalue weighted by atomic mass is 35.5. The van der Waals surface area contributed by atoms with Gasteiger partial charge in [0.15, 0.2) is 11.0 Å². The van der Waals surface area contributed by atoms with Crippen LogP contribution in [0.1, 0.15) is 11.1 Å². The van der Waals surface area contributed by atoms with Crippen LogP contribution in [-0.2, 0) is 13.6 Å². The third-order valence-electron chi connectivity index (χ3n) is 4.24. The quantitative estimate of drug-likeness (QED) is 0.721. The molecular formula is C19H22ClN2O2+. The zero-order valence-corrected chi connectivity index (χ0v) is 14.9. The van der Waals surface area contributed by atoms with Crippen molar-refractivity contribution in [3.63, 3.8) is 0 Å². The maximum absolute atomic E-state index is 10.3. The average molecular weight is 346 g/mol. The summed E-state index contributed by atoms with van der Waals surface area (Å²) in [5.41, 5.74) is 4.77. The molecule has 1 N–H and O–H groups in total. The van der Waals surface area contributed by atoms with E-state index in [1.54, 1.807) is 12.1 Å². The molecule has 1 aromatic heterocycles. The molecular weight excluding hydrogens is 324 g/mol. The van der Waals surface area contributed by atoms with Gasteiger partial charge in [0.2, 0.25) is 6.33 Å². The fraction of sp³-hybridized carbons (Fsp3) is 0.316. The summed E-state index contributed by atoms with van der Waals surface area (Å²) in [7, 11) is 2.02. The third-order valence-corrected chi connectivity index (χ3v) is 4.47. The number of nitrogens with zero attached hydrogens (tertiary/aromatic N) is 2. The minimum atomic E-state index is -0.610. The van der Waals surface area contributed by atoms with Gasteiger partial charge in [0.1, 0.15) is 25.0 Å². The zero-order valence-electron chi connectivity index (χ0n) is 14.2. The van der Waals surface area contributed by atoms with E-state index in [0.717, 1.165) is 11.0 Å². The van der Waals surface area contributed by atoms with Crippen LogP contribution in [0.15, 0.2) is 42.7 Å². The van der Waals surface area contributed by atoms with Crippen molar-refractivity contribution in [2.45, 2.75) is 26.5 Å². The van der Waals surface area contributed by atoms with E-state index in [1.807, 2.05) is 25.5 Å². The molecule has 0 spiro atoms. The summed E-state index contributed by atoms with van der Waals surface area (Å²) < 4.78 is 9.77. The topological polar surface area (TPSA) is 38.3 Å². The molecule has 2 aromatic carbocycles. The summed E-state index contributed by atoms with van der Waals surface area (Å²) in [6.45, 7) is 4.90. The molecule has 24 heavy (non-hydrogen) atoms. The van der Waals surface area contributed by atoms with Crippen LogP contribution in [0, 0.1) is 13.8 Å². The van der Waals surface area contributed by atoms with E-state index in [4.69, 9.17) is 16.3 Å². The number of ether oxygens (including phenoxy) is 1. The third kappa shape index (κ3) is 3.55. The lowest BCUT2D eigenvalue weighted by atomic mass is 10.1. The molecule has 0 radical (unpaired) electrons. The van der Waals surface area contributed by atoms with Crippen LogP contribution in [0.3, 0.4) is 0 Å². The van der Waals surface area contributed by atoms with Crippen LogP contribution in [0.4, 0.5) is 0 Å². The average Bonchev–Trinajstić information content (AvgIpc) is 2.82. The van der Waals surface area contributed by atoms with Crippen molar-refractivity contribution in [2.75, 3.05) is 6.61 Å². The van der Waals surface area contributed by atoms with E-state index in [2.05, 4.69) is 35.1 Å². The molecule has 126 valence electrons. The van der Waals surface area contributed by atoms with Gasteiger partial charge < -0.3 is 9.84 Å². The maximum Gasteiger partial charge on any atom is 0.244 e. The number of hydrogen-bond acceptors (Lipinski definition) is 2. The van der Waals surface area contributed by atoms with E-state index < -0.39 is 6.10 Å². The molecule has 1 atom stereocenters. The second-order valence-corrected chi connectivity index (χ2v) is 6.66. The zero-order chi connectivity index (χ0) is 17.3. The number of aryl methyl sites for hydroxylation is 3. The van der Waals surface area contributed by atoms with Gasteiger partial charge in [0, 0.05) is 5.02 Å². The summed E-state index contributed by atoms with van der Waals surface area (Å²) in [6.07, 6.45) is 1.40. The van der Waals surface area contributed by atoms with Gasteiger partial charge in [-0.05, 0) is 55.3 Å². The molecule has 3 aromatic rings. The minimum absolute atomic E-state index is 0.217. The lowest BCUT2D eigenvalue weighted by molar-refractivity contribution is -0.645. The summed E-state index contributed by atoms with van der Waals surface area (Å²) in [5, 5.41) is 11.0. The summed E-state index contributed by atoms with van der Waals surface area (Å²) in [4.78, 5) is 0. The number of hydrogen-bond donors (Lipinski definition) is 1. The number of fused-ring (bicyclic) bond motifs is 1. The summed E-state index contributed by atoms with van der Waals surface area (Å²) >= 11 is 5.94. The highest BCUT2D eigenvalue weighted by Crippen LogP contribution is 2.19. The number of rotatable bonds is 5. The van der Waals surface area contributed by atoms with Crippen LogP contribution in [-0.4, -0.2) is 22.4 Å². The van der Waals surface area contributed by atoms with Crippen LogP contribution in [0.25, 0.3) is 11.0 Å². The van der Waals surface area contributed by atoms with Crippen molar-refractivity contribution in [1.82, 2.24) is 4.57 Å². The minimum Gasteiger partial charge on any atom is -0.491 e. The van der Waals surface area contributed by atoms with Crippen molar-refractivity contribution in [1.29, 1.82) is 0 Å². The molecule has 5 heteroatoms. The van der Waals surface area contributed by atoms with Gasteiger partial charge >= 0.3 is 0 Å². The lowest BCUT2D eigenvalue weighted by Gasteiger charge is -2.11. The predicted octanol–water partition coefficient (Wildman–Crippen LogP) is 3.18. The van der Waals surface area contributed by atoms with Crippen molar-refractivity contribution < 1.29 is 14.4 Å².